The maximum absolute atomic E-state index is 11.6. The number of ether oxygens (including phenoxy) is 3. The summed E-state index contributed by atoms with van der Waals surface area (Å²) in [5.74, 6) is -0.0896. The van der Waals surface area contributed by atoms with Gasteiger partial charge in [-0.25, -0.2) is 0 Å². The van der Waals surface area contributed by atoms with Crippen LogP contribution in [-0.4, -0.2) is 38.5 Å². The molecule has 1 N–H and O–H groups in total. The van der Waals surface area contributed by atoms with Crippen LogP contribution in [0.1, 0.15) is 56.9 Å². The lowest BCUT2D eigenvalue weighted by Gasteiger charge is -2.16. The number of methoxy groups -OCH3 is 2. The highest BCUT2D eigenvalue weighted by Crippen LogP contribution is 2.33. The summed E-state index contributed by atoms with van der Waals surface area (Å²) in [5.41, 5.74) is 0.765. The fourth-order valence-corrected chi connectivity index (χ4v) is 2.62. The fraction of sp³-hybridized carbons (Fsp3) is 0.632. The minimum Gasteiger partial charge on any atom is -0.493 e. The highest BCUT2D eigenvalue weighted by molar-refractivity contribution is 5.76. The molecule has 0 aliphatic heterocycles. The number of carboxylic acid groups (broad SMARTS) is 1. The number of unbranched alkanes of at least 4 members (excludes halogenated alkanes) is 3. The molecule has 0 aliphatic rings. The third kappa shape index (κ3) is 6.79. The molecular formula is C19H30O5. The van der Waals surface area contributed by atoms with Crippen molar-refractivity contribution in [3.63, 3.8) is 0 Å². The zero-order chi connectivity index (χ0) is 17.8. The van der Waals surface area contributed by atoms with Gasteiger partial charge in [-0.2, -0.15) is 0 Å². The molecule has 1 rings (SSSR count). The summed E-state index contributed by atoms with van der Waals surface area (Å²) < 4.78 is 16.1. The topological polar surface area (TPSA) is 65.0 Å². The standard InChI is InChI=1S/C19H30O5/c1-4-5-6-7-9-16(19(20)21)15-10-11-17(23-3)18(14-15)24-13-8-12-22-2/h10-11,14,16H,4-9,12-13H2,1-3H3,(H,20,21). The Kier molecular flexibility index (Phi) is 9.92. The predicted molar refractivity (Wildman–Crippen MR) is 94.1 cm³/mol. The Morgan fingerprint density at radius 1 is 1.08 bits per heavy atom. The van der Waals surface area contributed by atoms with Crippen LogP contribution < -0.4 is 9.47 Å². The van der Waals surface area contributed by atoms with Gasteiger partial charge in [0.15, 0.2) is 11.5 Å². The second-order valence-electron chi connectivity index (χ2n) is 5.85. The van der Waals surface area contributed by atoms with E-state index >= 15 is 0 Å². The van der Waals surface area contributed by atoms with Crippen molar-refractivity contribution in [2.24, 2.45) is 0 Å². The summed E-state index contributed by atoms with van der Waals surface area (Å²) in [5, 5.41) is 9.56. The van der Waals surface area contributed by atoms with Gasteiger partial charge in [-0.1, -0.05) is 38.7 Å². The van der Waals surface area contributed by atoms with E-state index in [1.54, 1.807) is 26.4 Å². The molecule has 1 aromatic rings. The lowest BCUT2D eigenvalue weighted by Crippen LogP contribution is -2.12. The first-order valence-electron chi connectivity index (χ1n) is 8.66. The van der Waals surface area contributed by atoms with Crippen molar-refractivity contribution < 1.29 is 24.1 Å². The van der Waals surface area contributed by atoms with Gasteiger partial charge in [-0.05, 0) is 24.1 Å². The van der Waals surface area contributed by atoms with Gasteiger partial charge in [0, 0.05) is 20.1 Å². The van der Waals surface area contributed by atoms with Crippen LogP contribution in [0.25, 0.3) is 0 Å². The number of benzene rings is 1. The molecule has 1 atom stereocenters. The van der Waals surface area contributed by atoms with Gasteiger partial charge in [0.05, 0.1) is 19.6 Å². The smallest absolute Gasteiger partial charge is 0.310 e. The quantitative estimate of drug-likeness (QED) is 0.545. The number of hydrogen-bond donors (Lipinski definition) is 1. The predicted octanol–water partition coefficient (Wildman–Crippen LogP) is 4.25. The molecule has 0 aliphatic carbocycles. The van der Waals surface area contributed by atoms with E-state index in [2.05, 4.69) is 6.92 Å². The van der Waals surface area contributed by atoms with E-state index in [1.807, 2.05) is 6.07 Å². The molecule has 0 heterocycles. The minimum atomic E-state index is -0.790. The minimum absolute atomic E-state index is 0.502. The normalized spacial score (nSPS) is 12.0. The van der Waals surface area contributed by atoms with Crippen LogP contribution in [0.5, 0.6) is 11.5 Å². The molecule has 0 saturated heterocycles. The van der Waals surface area contributed by atoms with Crippen LogP contribution in [0.4, 0.5) is 0 Å². The summed E-state index contributed by atoms with van der Waals surface area (Å²) >= 11 is 0. The fourth-order valence-electron chi connectivity index (χ4n) is 2.62. The molecule has 0 spiro atoms. The molecule has 0 bridgehead atoms. The summed E-state index contributed by atoms with van der Waals surface area (Å²) in [6, 6.07) is 5.40. The van der Waals surface area contributed by atoms with Gasteiger partial charge in [0.1, 0.15) is 0 Å². The molecule has 1 unspecified atom stereocenters. The Morgan fingerprint density at radius 2 is 1.88 bits per heavy atom. The van der Waals surface area contributed by atoms with Crippen LogP contribution in [-0.2, 0) is 9.53 Å². The Labute approximate surface area is 144 Å². The number of carbonyl (C=O) groups is 1. The van der Waals surface area contributed by atoms with Crippen LogP contribution in [0.15, 0.2) is 18.2 Å². The van der Waals surface area contributed by atoms with E-state index in [9.17, 15) is 9.90 Å². The van der Waals surface area contributed by atoms with Gasteiger partial charge in [-0.3, -0.25) is 4.79 Å². The molecule has 0 radical (unpaired) electrons. The van der Waals surface area contributed by atoms with Crippen molar-refractivity contribution in [3.05, 3.63) is 23.8 Å². The molecule has 5 nitrogen and oxygen atoms in total. The van der Waals surface area contributed by atoms with Gasteiger partial charge >= 0.3 is 5.97 Å². The summed E-state index contributed by atoms with van der Waals surface area (Å²) in [6.45, 7) is 3.27. The molecule has 5 heteroatoms. The Bertz CT molecular complexity index is 487. The largest absolute Gasteiger partial charge is 0.493 e. The van der Waals surface area contributed by atoms with Gasteiger partial charge < -0.3 is 19.3 Å². The average Bonchev–Trinajstić information content (AvgIpc) is 2.58. The van der Waals surface area contributed by atoms with E-state index < -0.39 is 11.9 Å². The number of aliphatic carboxylic acids is 1. The first-order valence-corrected chi connectivity index (χ1v) is 8.66. The highest BCUT2D eigenvalue weighted by Gasteiger charge is 2.21. The SMILES string of the molecule is CCCCCCC(C(=O)O)c1ccc(OC)c(OCCCOC)c1. The molecule has 1 aromatic carbocycles. The van der Waals surface area contributed by atoms with Crippen molar-refractivity contribution in [2.75, 3.05) is 27.4 Å². The Morgan fingerprint density at radius 3 is 2.50 bits per heavy atom. The molecule has 0 aromatic heterocycles. The molecule has 136 valence electrons. The monoisotopic (exact) mass is 338 g/mol. The third-order valence-electron chi connectivity index (χ3n) is 3.98. The average molecular weight is 338 g/mol. The van der Waals surface area contributed by atoms with E-state index in [1.165, 1.54) is 0 Å². The molecule has 0 fully saturated rings. The number of rotatable bonds is 13. The van der Waals surface area contributed by atoms with Crippen LogP contribution in [0.2, 0.25) is 0 Å². The van der Waals surface area contributed by atoms with Crippen molar-refractivity contribution >= 4 is 5.97 Å². The highest BCUT2D eigenvalue weighted by atomic mass is 16.5. The van der Waals surface area contributed by atoms with Gasteiger partial charge in [0.25, 0.3) is 0 Å². The van der Waals surface area contributed by atoms with Crippen LogP contribution in [0, 0.1) is 0 Å². The molecule has 0 amide bonds. The Balaban J connectivity index is 2.80. The van der Waals surface area contributed by atoms with Gasteiger partial charge in [0.2, 0.25) is 0 Å². The second kappa shape index (κ2) is 11.7. The van der Waals surface area contributed by atoms with Crippen molar-refractivity contribution in [1.82, 2.24) is 0 Å². The zero-order valence-corrected chi connectivity index (χ0v) is 15.0. The van der Waals surface area contributed by atoms with Crippen molar-refractivity contribution in [2.45, 2.75) is 51.4 Å². The third-order valence-corrected chi connectivity index (χ3v) is 3.98. The lowest BCUT2D eigenvalue weighted by molar-refractivity contribution is -0.139. The van der Waals surface area contributed by atoms with Crippen molar-refractivity contribution in [1.29, 1.82) is 0 Å². The molecule has 0 saturated carbocycles. The second-order valence-corrected chi connectivity index (χ2v) is 5.85. The number of carboxylic acids is 1. The first-order chi connectivity index (χ1) is 11.6. The first kappa shape index (κ1) is 20.3. The maximum atomic E-state index is 11.6. The van der Waals surface area contributed by atoms with Crippen LogP contribution in [0.3, 0.4) is 0 Å². The molecular weight excluding hydrogens is 308 g/mol. The van der Waals surface area contributed by atoms with Crippen LogP contribution >= 0.6 is 0 Å². The Hall–Kier alpha value is -1.75. The van der Waals surface area contributed by atoms with E-state index in [-0.39, 0.29) is 0 Å². The van der Waals surface area contributed by atoms with Crippen molar-refractivity contribution in [3.8, 4) is 11.5 Å². The van der Waals surface area contributed by atoms with Gasteiger partial charge in [-0.15, -0.1) is 0 Å². The summed E-state index contributed by atoms with van der Waals surface area (Å²) in [7, 11) is 3.23. The molecule has 24 heavy (non-hydrogen) atoms. The van der Waals surface area contributed by atoms with E-state index in [0.29, 0.717) is 31.1 Å². The van der Waals surface area contributed by atoms with E-state index in [0.717, 1.165) is 37.7 Å². The summed E-state index contributed by atoms with van der Waals surface area (Å²) in [6.07, 6.45) is 5.67. The van der Waals surface area contributed by atoms with E-state index in [4.69, 9.17) is 14.2 Å². The zero-order valence-electron chi connectivity index (χ0n) is 15.0. The summed E-state index contributed by atoms with van der Waals surface area (Å²) in [4.78, 5) is 11.6. The number of hydrogen-bond acceptors (Lipinski definition) is 4. The maximum Gasteiger partial charge on any atom is 0.310 e. The lowest BCUT2D eigenvalue weighted by atomic mass is 9.93.